The fraction of sp³-hybridized carbons (Fsp3) is 0.385. The van der Waals surface area contributed by atoms with Crippen LogP contribution in [0, 0.1) is 12.3 Å². The Bertz CT molecular complexity index is 1280. The van der Waals surface area contributed by atoms with Gasteiger partial charge in [-0.15, -0.1) is 0 Å². The molecule has 0 fully saturated rings. The molecule has 35 heavy (non-hydrogen) atoms. The Labute approximate surface area is 205 Å². The molecule has 3 N–H and O–H groups in total. The van der Waals surface area contributed by atoms with E-state index in [4.69, 9.17) is 10.5 Å². The molecule has 3 aromatic rings. The molecule has 2 aromatic heterocycles. The summed E-state index contributed by atoms with van der Waals surface area (Å²) in [6.45, 7) is 7.30. The SMILES string of the molecule is Cc1nn(-c2ccc(C(N)=O)c(Nc3ccnc(OCCN(C)C)c3)c2)c2c1C(=O)CC(C)(C)C2. The quantitative estimate of drug-likeness (QED) is 0.511. The number of carbonyl (C=O) groups is 2. The molecule has 1 aliphatic carbocycles. The van der Waals surface area contributed by atoms with E-state index in [1.807, 2.05) is 36.7 Å². The number of aromatic nitrogens is 3. The summed E-state index contributed by atoms with van der Waals surface area (Å²) in [7, 11) is 3.95. The second kappa shape index (κ2) is 9.50. The van der Waals surface area contributed by atoms with Crippen LogP contribution in [0.3, 0.4) is 0 Å². The van der Waals surface area contributed by atoms with Gasteiger partial charge >= 0.3 is 0 Å². The van der Waals surface area contributed by atoms with E-state index in [-0.39, 0.29) is 11.2 Å². The Hall–Kier alpha value is -3.72. The van der Waals surface area contributed by atoms with E-state index < -0.39 is 5.91 Å². The van der Waals surface area contributed by atoms with Gasteiger partial charge in [0.05, 0.1) is 33.9 Å². The molecule has 1 aromatic carbocycles. The van der Waals surface area contributed by atoms with Gasteiger partial charge in [0.15, 0.2) is 5.78 Å². The summed E-state index contributed by atoms with van der Waals surface area (Å²) >= 11 is 0. The Kier molecular flexibility index (Phi) is 6.62. The average Bonchev–Trinajstić information content (AvgIpc) is 3.08. The van der Waals surface area contributed by atoms with Crippen molar-refractivity contribution in [1.29, 1.82) is 0 Å². The van der Waals surface area contributed by atoms with Crippen molar-refractivity contribution in [2.45, 2.75) is 33.6 Å². The van der Waals surface area contributed by atoms with E-state index >= 15 is 0 Å². The molecule has 0 bridgehead atoms. The molecule has 1 aliphatic rings. The molecule has 9 nitrogen and oxygen atoms in total. The van der Waals surface area contributed by atoms with Crippen molar-refractivity contribution in [1.82, 2.24) is 19.7 Å². The molecule has 0 saturated carbocycles. The Morgan fingerprint density at radius 3 is 2.71 bits per heavy atom. The molecule has 4 rings (SSSR count). The number of hydrogen-bond donors (Lipinski definition) is 2. The Balaban J connectivity index is 1.69. The third-order valence-corrected chi connectivity index (χ3v) is 6.04. The predicted molar refractivity (Wildman–Crippen MR) is 135 cm³/mol. The number of nitrogens with zero attached hydrogens (tertiary/aromatic N) is 4. The van der Waals surface area contributed by atoms with Crippen LogP contribution in [0.15, 0.2) is 36.5 Å². The highest BCUT2D eigenvalue weighted by Gasteiger charge is 2.35. The smallest absolute Gasteiger partial charge is 0.250 e. The topological polar surface area (TPSA) is 115 Å². The molecule has 0 saturated heterocycles. The molecule has 0 spiro atoms. The van der Waals surface area contributed by atoms with Gasteiger partial charge in [-0.05, 0) is 57.1 Å². The van der Waals surface area contributed by atoms with Crippen LogP contribution >= 0.6 is 0 Å². The van der Waals surface area contributed by atoms with Gasteiger partial charge in [-0.2, -0.15) is 5.10 Å². The Morgan fingerprint density at radius 2 is 2.00 bits per heavy atom. The highest BCUT2D eigenvalue weighted by molar-refractivity contribution is 6.01. The van der Waals surface area contributed by atoms with E-state index in [9.17, 15) is 9.59 Å². The van der Waals surface area contributed by atoms with Crippen molar-refractivity contribution in [3.63, 3.8) is 0 Å². The summed E-state index contributed by atoms with van der Waals surface area (Å²) in [5.41, 5.74) is 10.1. The molecule has 0 radical (unpaired) electrons. The number of anilines is 2. The lowest BCUT2D eigenvalue weighted by molar-refractivity contribution is 0.0909. The third kappa shape index (κ3) is 5.35. The summed E-state index contributed by atoms with van der Waals surface area (Å²) in [6, 6.07) is 8.86. The van der Waals surface area contributed by atoms with Gasteiger partial charge in [-0.3, -0.25) is 9.59 Å². The molecule has 1 amide bonds. The van der Waals surface area contributed by atoms with Crippen LogP contribution in [0.4, 0.5) is 11.4 Å². The van der Waals surface area contributed by atoms with Crippen LogP contribution in [0.2, 0.25) is 0 Å². The first-order valence-corrected chi connectivity index (χ1v) is 11.6. The number of primary amides is 1. The zero-order chi connectivity index (χ0) is 25.3. The molecular formula is C26H32N6O3. The standard InChI is InChI=1S/C26H32N6O3/c1-16-24-21(14-26(2,3)15-22(24)33)32(30-16)18-6-7-19(25(27)34)20(13-18)29-17-8-9-28-23(12-17)35-11-10-31(4)5/h6-9,12-13H,10-11,14-15H2,1-5H3,(H2,27,34)(H,28,29). The van der Waals surface area contributed by atoms with Crippen LogP contribution in [0.25, 0.3) is 5.69 Å². The number of pyridine rings is 1. The predicted octanol–water partition coefficient (Wildman–Crippen LogP) is 3.51. The fourth-order valence-corrected chi connectivity index (χ4v) is 4.39. The molecule has 2 heterocycles. The van der Waals surface area contributed by atoms with E-state index in [2.05, 4.69) is 29.2 Å². The van der Waals surface area contributed by atoms with Gasteiger partial charge in [0.25, 0.3) is 5.91 Å². The minimum atomic E-state index is -0.550. The molecule has 0 unspecified atom stereocenters. The minimum Gasteiger partial charge on any atom is -0.476 e. The third-order valence-electron chi connectivity index (χ3n) is 6.04. The van der Waals surface area contributed by atoms with Gasteiger partial charge in [-0.25, -0.2) is 9.67 Å². The number of ether oxygens (including phenoxy) is 1. The first-order chi connectivity index (χ1) is 16.5. The summed E-state index contributed by atoms with van der Waals surface area (Å²) in [5.74, 6) is 0.0439. The number of aryl methyl sites for hydroxylation is 1. The molecule has 9 heteroatoms. The number of nitrogens with two attached hydrogens (primary N) is 1. The van der Waals surface area contributed by atoms with E-state index in [1.54, 1.807) is 30.5 Å². The number of Topliss-reactive ketones (excluding diaryl/α,β-unsaturated/α-hetero) is 1. The van der Waals surface area contributed by atoms with Gasteiger partial charge < -0.3 is 20.7 Å². The largest absolute Gasteiger partial charge is 0.476 e. The number of amides is 1. The second-order valence-electron chi connectivity index (χ2n) is 10.0. The van der Waals surface area contributed by atoms with Gasteiger partial charge in [0.1, 0.15) is 6.61 Å². The van der Waals surface area contributed by atoms with Crippen molar-refractivity contribution < 1.29 is 14.3 Å². The van der Waals surface area contributed by atoms with Crippen LogP contribution in [0.5, 0.6) is 5.88 Å². The van der Waals surface area contributed by atoms with Crippen molar-refractivity contribution in [3.8, 4) is 11.6 Å². The van der Waals surface area contributed by atoms with Gasteiger partial charge in [0.2, 0.25) is 5.88 Å². The summed E-state index contributed by atoms with van der Waals surface area (Å²) in [6.07, 6.45) is 2.87. The normalized spacial score (nSPS) is 14.6. The number of likely N-dealkylation sites (N-methyl/N-ethyl adjacent to an activating group) is 1. The lowest BCUT2D eigenvalue weighted by Crippen LogP contribution is -2.28. The lowest BCUT2D eigenvalue weighted by atomic mass is 9.75. The lowest BCUT2D eigenvalue weighted by Gasteiger charge is -2.29. The molecule has 0 atom stereocenters. The summed E-state index contributed by atoms with van der Waals surface area (Å²) in [5, 5.41) is 7.96. The summed E-state index contributed by atoms with van der Waals surface area (Å²) < 4.78 is 7.54. The van der Waals surface area contributed by atoms with Crippen molar-refractivity contribution >= 4 is 23.1 Å². The maximum absolute atomic E-state index is 12.8. The van der Waals surface area contributed by atoms with Gasteiger partial charge in [0, 0.05) is 30.9 Å². The number of carbonyl (C=O) groups excluding carboxylic acids is 2. The first kappa shape index (κ1) is 24.4. The highest BCUT2D eigenvalue weighted by Crippen LogP contribution is 2.37. The van der Waals surface area contributed by atoms with Crippen LogP contribution in [0.1, 0.15) is 52.4 Å². The van der Waals surface area contributed by atoms with E-state index in [1.165, 1.54) is 0 Å². The minimum absolute atomic E-state index is 0.116. The average molecular weight is 477 g/mol. The van der Waals surface area contributed by atoms with E-state index in [0.717, 1.165) is 24.3 Å². The van der Waals surface area contributed by atoms with E-state index in [0.29, 0.717) is 47.1 Å². The maximum atomic E-state index is 12.8. The first-order valence-electron chi connectivity index (χ1n) is 11.6. The van der Waals surface area contributed by atoms with Crippen molar-refractivity contribution in [2.75, 3.05) is 32.6 Å². The zero-order valence-corrected chi connectivity index (χ0v) is 20.9. The number of fused-ring (bicyclic) bond motifs is 1. The van der Waals surface area contributed by atoms with Crippen LogP contribution in [-0.2, 0) is 6.42 Å². The number of rotatable bonds is 8. The number of benzene rings is 1. The highest BCUT2D eigenvalue weighted by atomic mass is 16.5. The number of ketones is 1. The zero-order valence-electron chi connectivity index (χ0n) is 20.9. The molecular weight excluding hydrogens is 444 g/mol. The van der Waals surface area contributed by atoms with Crippen molar-refractivity contribution in [2.24, 2.45) is 11.1 Å². The number of hydrogen-bond acceptors (Lipinski definition) is 7. The summed E-state index contributed by atoms with van der Waals surface area (Å²) in [4.78, 5) is 31.3. The Morgan fingerprint density at radius 1 is 1.23 bits per heavy atom. The molecule has 0 aliphatic heterocycles. The monoisotopic (exact) mass is 476 g/mol. The fourth-order valence-electron chi connectivity index (χ4n) is 4.39. The van der Waals surface area contributed by atoms with Crippen LogP contribution < -0.4 is 15.8 Å². The molecule has 184 valence electrons. The van der Waals surface area contributed by atoms with Gasteiger partial charge in [-0.1, -0.05) is 13.8 Å². The maximum Gasteiger partial charge on any atom is 0.250 e. The number of nitrogens with one attached hydrogen (secondary N) is 1. The second-order valence-corrected chi connectivity index (χ2v) is 10.0. The van der Waals surface area contributed by atoms with Crippen LogP contribution in [-0.4, -0.2) is 58.6 Å². The van der Waals surface area contributed by atoms with Crippen molar-refractivity contribution in [3.05, 3.63) is 59.0 Å².